The van der Waals surface area contributed by atoms with Crippen molar-refractivity contribution in [3.05, 3.63) is 22.8 Å². The van der Waals surface area contributed by atoms with E-state index in [4.69, 9.17) is 4.74 Å². The van der Waals surface area contributed by atoms with Crippen molar-refractivity contribution in [3.8, 4) is 0 Å². The third kappa shape index (κ3) is 1.96. The third-order valence-corrected chi connectivity index (χ3v) is 7.74. The molecule has 24 heavy (non-hydrogen) atoms. The van der Waals surface area contributed by atoms with Gasteiger partial charge in [0.15, 0.2) is 0 Å². The van der Waals surface area contributed by atoms with Crippen LogP contribution in [0.5, 0.6) is 0 Å². The second-order valence-corrected chi connectivity index (χ2v) is 8.80. The van der Waals surface area contributed by atoms with Gasteiger partial charge in [-0.3, -0.25) is 0 Å². The molecule has 1 heterocycles. The molecule has 2 fully saturated rings. The molecule has 4 nitrogen and oxygen atoms in total. The van der Waals surface area contributed by atoms with E-state index in [1.807, 2.05) is 13.8 Å². The highest BCUT2D eigenvalue weighted by atomic mass is 16.5. The van der Waals surface area contributed by atoms with E-state index in [9.17, 15) is 15.0 Å². The van der Waals surface area contributed by atoms with Crippen LogP contribution in [-0.4, -0.2) is 35.0 Å². The molecule has 4 rings (SSSR count). The Morgan fingerprint density at radius 2 is 2.08 bits per heavy atom. The fourth-order valence-electron chi connectivity index (χ4n) is 6.16. The minimum Gasteiger partial charge on any atom is -0.454 e. The molecule has 6 unspecified atom stereocenters. The van der Waals surface area contributed by atoms with Crippen molar-refractivity contribution in [3.63, 3.8) is 0 Å². The first-order chi connectivity index (χ1) is 11.3. The van der Waals surface area contributed by atoms with Crippen LogP contribution in [-0.2, 0) is 9.53 Å². The van der Waals surface area contributed by atoms with Gasteiger partial charge < -0.3 is 14.9 Å². The summed E-state index contributed by atoms with van der Waals surface area (Å²) in [5.41, 5.74) is 2.90. The smallest absolute Gasteiger partial charge is 0.334 e. The number of aliphatic hydroxyl groups excluding tert-OH is 2. The Bertz CT molecular complexity index is 648. The number of hydrogen-bond donors (Lipinski definition) is 2. The van der Waals surface area contributed by atoms with Crippen molar-refractivity contribution >= 4 is 5.97 Å². The Morgan fingerprint density at radius 3 is 2.79 bits per heavy atom. The van der Waals surface area contributed by atoms with Crippen molar-refractivity contribution in [2.45, 2.75) is 65.1 Å². The van der Waals surface area contributed by atoms with Gasteiger partial charge in [0.05, 0.1) is 12.7 Å². The van der Waals surface area contributed by atoms with Gasteiger partial charge in [-0.25, -0.2) is 4.79 Å². The molecule has 0 amide bonds. The highest BCUT2D eigenvalue weighted by Gasteiger charge is 2.59. The highest BCUT2D eigenvalue weighted by Crippen LogP contribution is 2.63. The number of ether oxygens (including phenoxy) is 1. The van der Waals surface area contributed by atoms with E-state index in [0.717, 1.165) is 43.3 Å². The zero-order valence-corrected chi connectivity index (χ0v) is 14.8. The fraction of sp³-hybridized carbons (Fsp3) is 0.750. The second-order valence-electron chi connectivity index (χ2n) is 8.80. The molecular formula is C20H28O4. The van der Waals surface area contributed by atoms with Gasteiger partial charge in [-0.2, -0.15) is 0 Å². The van der Waals surface area contributed by atoms with Crippen LogP contribution in [0.25, 0.3) is 0 Å². The van der Waals surface area contributed by atoms with Crippen LogP contribution in [0.3, 0.4) is 0 Å². The lowest BCUT2D eigenvalue weighted by Gasteiger charge is -2.60. The van der Waals surface area contributed by atoms with Gasteiger partial charge in [-0.05, 0) is 56.3 Å². The van der Waals surface area contributed by atoms with Crippen molar-refractivity contribution < 1.29 is 19.7 Å². The number of hydrogen-bond acceptors (Lipinski definition) is 4. The van der Waals surface area contributed by atoms with Crippen LogP contribution in [0.2, 0.25) is 0 Å². The molecule has 0 bridgehead atoms. The van der Waals surface area contributed by atoms with Crippen molar-refractivity contribution in [2.24, 2.45) is 22.7 Å². The van der Waals surface area contributed by atoms with Gasteiger partial charge in [0.2, 0.25) is 0 Å². The maximum absolute atomic E-state index is 11.9. The molecular weight excluding hydrogens is 304 g/mol. The van der Waals surface area contributed by atoms with Gasteiger partial charge in [-0.1, -0.05) is 25.5 Å². The molecule has 0 aromatic heterocycles. The zero-order valence-electron chi connectivity index (χ0n) is 14.8. The first-order valence-electron chi connectivity index (χ1n) is 9.22. The quantitative estimate of drug-likeness (QED) is 0.725. The zero-order chi connectivity index (χ0) is 17.3. The molecule has 6 atom stereocenters. The molecule has 0 saturated heterocycles. The summed E-state index contributed by atoms with van der Waals surface area (Å²) in [5.74, 6) is 0.498. The van der Waals surface area contributed by atoms with Crippen molar-refractivity contribution in [2.75, 3.05) is 6.61 Å². The highest BCUT2D eigenvalue weighted by molar-refractivity contribution is 5.92. The standard InChI is InChI=1S/C20H28O4/c1-11-13-8-12-4-5-16-19(2,7-6-17(22)20(16,3)10-21)14(12)9-15(13)24-18(11)23/h8,14-17,21-22H,4-7,9-10H2,1-3H3. The predicted octanol–water partition coefficient (Wildman–Crippen LogP) is 2.74. The van der Waals surface area contributed by atoms with E-state index in [2.05, 4.69) is 13.0 Å². The normalized spacial score (nSPS) is 47.5. The molecule has 4 aliphatic rings. The lowest BCUT2D eigenvalue weighted by atomic mass is 9.45. The Morgan fingerprint density at radius 1 is 1.33 bits per heavy atom. The summed E-state index contributed by atoms with van der Waals surface area (Å²) in [6.45, 7) is 6.26. The number of aliphatic hydroxyl groups is 2. The lowest BCUT2D eigenvalue weighted by molar-refractivity contribution is -0.158. The topological polar surface area (TPSA) is 66.8 Å². The number of carbonyl (C=O) groups is 1. The molecule has 0 aromatic rings. The molecule has 0 radical (unpaired) electrons. The number of esters is 1. The van der Waals surface area contributed by atoms with E-state index in [-0.39, 0.29) is 24.1 Å². The monoisotopic (exact) mass is 332 g/mol. The number of allylic oxidation sites excluding steroid dienone is 1. The van der Waals surface area contributed by atoms with Gasteiger partial charge in [0.1, 0.15) is 6.10 Å². The van der Waals surface area contributed by atoms with Gasteiger partial charge in [-0.15, -0.1) is 0 Å². The first kappa shape index (κ1) is 16.3. The van der Waals surface area contributed by atoms with E-state index >= 15 is 0 Å². The van der Waals surface area contributed by atoms with E-state index in [1.165, 1.54) is 5.57 Å². The molecule has 0 aromatic carbocycles. The summed E-state index contributed by atoms with van der Waals surface area (Å²) in [5, 5.41) is 20.6. The minimum absolute atomic E-state index is 0.0306. The average molecular weight is 332 g/mol. The van der Waals surface area contributed by atoms with Crippen LogP contribution in [0.15, 0.2) is 22.8 Å². The molecule has 1 aliphatic heterocycles. The van der Waals surface area contributed by atoms with Crippen LogP contribution in [0, 0.1) is 22.7 Å². The summed E-state index contributed by atoms with van der Waals surface area (Å²) < 4.78 is 5.59. The average Bonchev–Trinajstić information content (AvgIpc) is 2.84. The predicted molar refractivity (Wildman–Crippen MR) is 90.0 cm³/mol. The number of fused-ring (bicyclic) bond motifs is 4. The summed E-state index contributed by atoms with van der Waals surface area (Å²) in [7, 11) is 0. The van der Waals surface area contributed by atoms with Crippen LogP contribution < -0.4 is 0 Å². The summed E-state index contributed by atoms with van der Waals surface area (Å²) in [6, 6.07) is 0. The largest absolute Gasteiger partial charge is 0.454 e. The summed E-state index contributed by atoms with van der Waals surface area (Å²) in [4.78, 5) is 11.9. The summed E-state index contributed by atoms with van der Waals surface area (Å²) in [6.07, 6.45) is 6.24. The maximum atomic E-state index is 11.9. The number of carbonyl (C=O) groups excluding carboxylic acids is 1. The lowest BCUT2D eigenvalue weighted by Crippen LogP contribution is -2.58. The molecule has 132 valence electrons. The van der Waals surface area contributed by atoms with E-state index < -0.39 is 11.5 Å². The van der Waals surface area contributed by atoms with E-state index in [1.54, 1.807) is 0 Å². The van der Waals surface area contributed by atoms with Crippen LogP contribution >= 0.6 is 0 Å². The molecule has 0 spiro atoms. The molecule has 4 heteroatoms. The van der Waals surface area contributed by atoms with Crippen molar-refractivity contribution in [1.29, 1.82) is 0 Å². The van der Waals surface area contributed by atoms with Crippen LogP contribution in [0.4, 0.5) is 0 Å². The van der Waals surface area contributed by atoms with Gasteiger partial charge in [0, 0.05) is 16.6 Å². The van der Waals surface area contributed by atoms with Gasteiger partial charge >= 0.3 is 5.97 Å². The maximum Gasteiger partial charge on any atom is 0.334 e. The van der Waals surface area contributed by atoms with E-state index in [0.29, 0.717) is 11.8 Å². The third-order valence-electron chi connectivity index (χ3n) is 7.74. The number of rotatable bonds is 1. The van der Waals surface area contributed by atoms with Crippen molar-refractivity contribution in [1.82, 2.24) is 0 Å². The van der Waals surface area contributed by atoms with Crippen LogP contribution in [0.1, 0.15) is 52.9 Å². The second kappa shape index (κ2) is 5.18. The fourth-order valence-corrected chi connectivity index (χ4v) is 6.16. The Kier molecular flexibility index (Phi) is 3.53. The Balaban J connectivity index is 1.73. The Hall–Kier alpha value is -1.13. The molecule has 2 saturated carbocycles. The SMILES string of the molecule is CC1=C2C=C3CCC4C(C)(CO)C(O)CCC4(C)C3CC2OC1=O. The minimum atomic E-state index is -0.434. The molecule has 3 aliphatic carbocycles. The van der Waals surface area contributed by atoms with Gasteiger partial charge in [0.25, 0.3) is 0 Å². The first-order valence-corrected chi connectivity index (χ1v) is 9.22. The molecule has 2 N–H and O–H groups in total. The Labute approximate surface area is 143 Å². The summed E-state index contributed by atoms with van der Waals surface area (Å²) >= 11 is 0.